The van der Waals surface area contributed by atoms with Gasteiger partial charge in [-0.05, 0) is 30.7 Å². The maximum Gasteiger partial charge on any atom is 0.171 e. The van der Waals surface area contributed by atoms with E-state index >= 15 is 0 Å². The van der Waals surface area contributed by atoms with Gasteiger partial charge in [-0.2, -0.15) is 0 Å². The molecule has 0 unspecified atom stereocenters. The summed E-state index contributed by atoms with van der Waals surface area (Å²) in [5.41, 5.74) is 7.44. The molecule has 0 amide bonds. The Morgan fingerprint density at radius 3 is 2.89 bits per heavy atom. The van der Waals surface area contributed by atoms with Gasteiger partial charge in [-0.1, -0.05) is 23.0 Å². The summed E-state index contributed by atoms with van der Waals surface area (Å²) < 4.78 is 0. The Bertz CT molecular complexity index is 572. The molecule has 18 heavy (non-hydrogen) atoms. The minimum absolute atomic E-state index is 0.0894. The molecule has 0 saturated heterocycles. The second-order valence-electron chi connectivity index (χ2n) is 3.63. The van der Waals surface area contributed by atoms with E-state index in [4.69, 9.17) is 10.9 Å². The van der Waals surface area contributed by atoms with E-state index < -0.39 is 0 Å². The number of aryl methyl sites for hydroxylation is 1. The summed E-state index contributed by atoms with van der Waals surface area (Å²) in [5, 5.41) is 12.6. The largest absolute Gasteiger partial charge is 0.409 e. The average molecular weight is 260 g/mol. The minimum Gasteiger partial charge on any atom is -0.409 e. The average Bonchev–Trinajstić information content (AvgIpc) is 2.39. The molecule has 2 rings (SSSR count). The Morgan fingerprint density at radius 2 is 2.22 bits per heavy atom. The molecule has 0 aliphatic heterocycles. The van der Waals surface area contributed by atoms with Gasteiger partial charge in [0, 0.05) is 16.7 Å². The van der Waals surface area contributed by atoms with E-state index in [1.165, 1.54) is 18.1 Å². The fraction of sp³-hybridized carbons (Fsp3) is 0.0833. The number of rotatable bonds is 3. The molecule has 2 aromatic rings. The first kappa shape index (κ1) is 12.4. The van der Waals surface area contributed by atoms with Crippen LogP contribution in [0.25, 0.3) is 0 Å². The summed E-state index contributed by atoms with van der Waals surface area (Å²) in [5.74, 6) is 0.0894. The van der Waals surface area contributed by atoms with E-state index in [1.807, 2.05) is 31.2 Å². The van der Waals surface area contributed by atoms with Crippen molar-refractivity contribution in [2.24, 2.45) is 10.9 Å². The summed E-state index contributed by atoms with van der Waals surface area (Å²) in [6.07, 6.45) is 3.16. The van der Waals surface area contributed by atoms with Crippen LogP contribution in [0.15, 0.2) is 51.9 Å². The molecule has 3 N–H and O–H groups in total. The van der Waals surface area contributed by atoms with Gasteiger partial charge in [-0.15, -0.1) is 0 Å². The highest BCUT2D eigenvalue weighted by Crippen LogP contribution is 2.29. The highest BCUT2D eigenvalue weighted by Gasteiger charge is 2.09. The Balaban J connectivity index is 2.40. The molecule has 1 heterocycles. The van der Waals surface area contributed by atoms with Gasteiger partial charge in [0.15, 0.2) is 5.84 Å². The molecule has 6 heteroatoms. The number of aromatic nitrogens is 2. The van der Waals surface area contributed by atoms with Gasteiger partial charge in [0.1, 0.15) is 11.4 Å². The third kappa shape index (κ3) is 2.78. The zero-order valence-corrected chi connectivity index (χ0v) is 10.6. The van der Waals surface area contributed by atoms with E-state index in [0.717, 1.165) is 15.5 Å². The van der Waals surface area contributed by atoms with Crippen LogP contribution in [-0.4, -0.2) is 21.0 Å². The topological polar surface area (TPSA) is 84.4 Å². The quantitative estimate of drug-likeness (QED) is 0.290. The molecule has 0 aliphatic rings. The lowest BCUT2D eigenvalue weighted by Gasteiger charge is -2.08. The molecule has 0 atom stereocenters. The van der Waals surface area contributed by atoms with Crippen LogP contribution in [0.4, 0.5) is 0 Å². The zero-order chi connectivity index (χ0) is 13.0. The summed E-state index contributed by atoms with van der Waals surface area (Å²) in [7, 11) is 0. The summed E-state index contributed by atoms with van der Waals surface area (Å²) in [6, 6.07) is 7.52. The lowest BCUT2D eigenvalue weighted by Crippen LogP contribution is -2.14. The first-order valence-electron chi connectivity index (χ1n) is 5.23. The molecule has 5 nitrogen and oxygen atoms in total. The SMILES string of the molecule is Cc1ccc(C(N)=NO)c(Sc2ccncn2)c1. The van der Waals surface area contributed by atoms with Gasteiger partial charge in [0.25, 0.3) is 0 Å². The maximum atomic E-state index is 8.78. The Morgan fingerprint density at radius 1 is 1.39 bits per heavy atom. The normalized spacial score (nSPS) is 11.5. The fourth-order valence-electron chi connectivity index (χ4n) is 1.43. The van der Waals surface area contributed by atoms with E-state index in [1.54, 1.807) is 6.20 Å². The van der Waals surface area contributed by atoms with Crippen molar-refractivity contribution in [3.05, 3.63) is 47.9 Å². The molecule has 0 spiro atoms. The third-order valence-electron chi connectivity index (χ3n) is 2.29. The maximum absolute atomic E-state index is 8.78. The fourth-order valence-corrected chi connectivity index (χ4v) is 2.41. The second kappa shape index (κ2) is 5.50. The van der Waals surface area contributed by atoms with Crippen LogP contribution in [0.3, 0.4) is 0 Å². The standard InChI is InChI=1S/C12H12N4OS/c1-8-2-3-9(12(13)16-17)10(6-8)18-11-4-5-14-7-15-11/h2-7,17H,1H3,(H2,13,16). The van der Waals surface area contributed by atoms with Crippen molar-refractivity contribution in [3.63, 3.8) is 0 Å². The molecule has 0 saturated carbocycles. The first-order chi connectivity index (χ1) is 8.70. The van der Waals surface area contributed by atoms with Crippen LogP contribution in [0.2, 0.25) is 0 Å². The molecule has 1 aromatic heterocycles. The van der Waals surface area contributed by atoms with Crippen molar-refractivity contribution < 1.29 is 5.21 Å². The van der Waals surface area contributed by atoms with Gasteiger partial charge >= 0.3 is 0 Å². The highest BCUT2D eigenvalue weighted by molar-refractivity contribution is 7.99. The summed E-state index contributed by atoms with van der Waals surface area (Å²) in [4.78, 5) is 8.90. The van der Waals surface area contributed by atoms with Crippen molar-refractivity contribution in [1.82, 2.24) is 9.97 Å². The highest BCUT2D eigenvalue weighted by atomic mass is 32.2. The lowest BCUT2D eigenvalue weighted by molar-refractivity contribution is 0.318. The Labute approximate surface area is 109 Å². The van der Waals surface area contributed by atoms with Crippen LogP contribution in [-0.2, 0) is 0 Å². The first-order valence-corrected chi connectivity index (χ1v) is 6.05. The lowest BCUT2D eigenvalue weighted by atomic mass is 10.1. The zero-order valence-electron chi connectivity index (χ0n) is 9.74. The minimum atomic E-state index is 0.0894. The van der Waals surface area contributed by atoms with Gasteiger partial charge < -0.3 is 10.9 Å². The Hall–Kier alpha value is -2.08. The molecular formula is C12H12N4OS. The second-order valence-corrected chi connectivity index (χ2v) is 4.70. The van der Waals surface area contributed by atoms with Crippen LogP contribution >= 0.6 is 11.8 Å². The van der Waals surface area contributed by atoms with E-state index in [0.29, 0.717) is 5.56 Å². The van der Waals surface area contributed by atoms with Crippen LogP contribution in [0, 0.1) is 6.92 Å². The van der Waals surface area contributed by atoms with Gasteiger partial charge in [0.05, 0.1) is 0 Å². The molecule has 0 radical (unpaired) electrons. The van der Waals surface area contributed by atoms with Crippen molar-refractivity contribution in [1.29, 1.82) is 0 Å². The summed E-state index contributed by atoms with van der Waals surface area (Å²) in [6.45, 7) is 1.99. The van der Waals surface area contributed by atoms with Crippen molar-refractivity contribution in [2.45, 2.75) is 16.8 Å². The number of oxime groups is 1. The van der Waals surface area contributed by atoms with E-state index in [-0.39, 0.29) is 5.84 Å². The van der Waals surface area contributed by atoms with Gasteiger partial charge in [-0.25, -0.2) is 9.97 Å². The number of hydrogen-bond donors (Lipinski definition) is 2. The van der Waals surface area contributed by atoms with Crippen molar-refractivity contribution in [2.75, 3.05) is 0 Å². The molecule has 92 valence electrons. The molecular weight excluding hydrogens is 248 g/mol. The number of hydrogen-bond acceptors (Lipinski definition) is 5. The molecule has 0 fully saturated rings. The monoisotopic (exact) mass is 260 g/mol. The van der Waals surface area contributed by atoms with Crippen LogP contribution < -0.4 is 5.73 Å². The predicted molar refractivity (Wildman–Crippen MR) is 69.8 cm³/mol. The number of benzene rings is 1. The number of nitrogens with zero attached hydrogens (tertiary/aromatic N) is 3. The smallest absolute Gasteiger partial charge is 0.171 e. The van der Waals surface area contributed by atoms with Crippen molar-refractivity contribution in [3.8, 4) is 0 Å². The number of amidine groups is 1. The summed E-state index contributed by atoms with van der Waals surface area (Å²) >= 11 is 1.45. The van der Waals surface area contributed by atoms with Crippen LogP contribution in [0.5, 0.6) is 0 Å². The molecule has 0 aliphatic carbocycles. The van der Waals surface area contributed by atoms with E-state index in [2.05, 4.69) is 15.1 Å². The van der Waals surface area contributed by atoms with Gasteiger partial charge in [0.2, 0.25) is 0 Å². The number of nitrogens with two attached hydrogens (primary N) is 1. The Kier molecular flexibility index (Phi) is 3.78. The molecule has 0 bridgehead atoms. The third-order valence-corrected chi connectivity index (χ3v) is 3.30. The predicted octanol–water partition coefficient (Wildman–Crippen LogP) is 2.03. The van der Waals surface area contributed by atoms with Crippen LogP contribution in [0.1, 0.15) is 11.1 Å². The van der Waals surface area contributed by atoms with Crippen molar-refractivity contribution >= 4 is 17.6 Å². The van der Waals surface area contributed by atoms with E-state index in [9.17, 15) is 0 Å². The molecule has 1 aromatic carbocycles. The van der Waals surface area contributed by atoms with Gasteiger partial charge in [-0.3, -0.25) is 0 Å².